The van der Waals surface area contributed by atoms with E-state index in [4.69, 9.17) is 0 Å². The predicted octanol–water partition coefficient (Wildman–Crippen LogP) is 7.03. The molecule has 0 amide bonds. The van der Waals surface area contributed by atoms with Gasteiger partial charge in [-0.2, -0.15) is 26.0 Å². The Hall–Kier alpha value is -1.24. The summed E-state index contributed by atoms with van der Waals surface area (Å²) in [5.74, 6) is 0. The summed E-state index contributed by atoms with van der Waals surface area (Å²) in [7, 11) is 0. The van der Waals surface area contributed by atoms with Gasteiger partial charge in [0.15, 0.2) is 0 Å². The third-order valence-corrected chi connectivity index (χ3v) is 3.52. The summed E-state index contributed by atoms with van der Waals surface area (Å²) in [5, 5.41) is 5.39. The standard InChI is InChI=1S/2C10H9.2C2H5.Si.Zr/c2*1-8-6-9-4-2-3-5-10(9)7-8;2*1-2;;/h2*2-7H,1H3;2*1H2,2H3;;/q4*-1;;. The van der Waals surface area contributed by atoms with Crippen LogP contribution in [0.2, 0.25) is 0 Å². The van der Waals surface area contributed by atoms with Crippen molar-refractivity contribution < 1.29 is 23.3 Å². The van der Waals surface area contributed by atoms with Crippen molar-refractivity contribution in [3.05, 3.63) is 97.8 Å². The van der Waals surface area contributed by atoms with Crippen molar-refractivity contribution in [2.24, 2.45) is 0 Å². The fourth-order valence-corrected chi connectivity index (χ4v) is 2.61. The summed E-state index contributed by atoms with van der Waals surface area (Å²) in [6.07, 6.45) is 0. The molecule has 0 aliphatic rings. The zero-order valence-electron chi connectivity index (χ0n) is 16.3. The number of rotatable bonds is 0. The molecule has 4 aromatic rings. The first-order valence-corrected chi connectivity index (χ1v) is 12.8. The van der Waals surface area contributed by atoms with E-state index < -0.39 is 0 Å². The Morgan fingerprint density at radius 3 is 1.27 bits per heavy atom. The molecule has 0 atom stereocenters. The fraction of sp³-hybridized carbons (Fsp3) is 0.167. The number of hydrogen-bond acceptors (Lipinski definition) is 0. The Kier molecular flexibility index (Phi) is 14.2. The average Bonchev–Trinajstić information content (AvgIpc) is 3.27. The normalized spacial score (nSPS) is 8.65. The molecule has 0 aliphatic carbocycles. The van der Waals surface area contributed by atoms with E-state index in [0.29, 0.717) is 0 Å². The maximum absolute atomic E-state index is 3.25. The minimum absolute atomic E-state index is 1.35. The molecule has 0 saturated heterocycles. The van der Waals surface area contributed by atoms with E-state index in [-0.39, 0.29) is 0 Å². The molecule has 0 unspecified atom stereocenters. The second-order valence-electron chi connectivity index (χ2n) is 5.32. The van der Waals surface area contributed by atoms with E-state index in [0.717, 1.165) is 0 Å². The van der Waals surface area contributed by atoms with E-state index in [2.05, 4.69) is 107 Å². The van der Waals surface area contributed by atoms with Gasteiger partial charge in [0.25, 0.3) is 0 Å². The zero-order chi connectivity index (χ0) is 19.9. The number of benzene rings is 2. The molecule has 0 heterocycles. The summed E-state index contributed by atoms with van der Waals surface area (Å²) in [6, 6.07) is 25.7. The van der Waals surface area contributed by atoms with Gasteiger partial charge in [-0.1, -0.05) is 26.0 Å². The maximum atomic E-state index is 3.25. The number of aryl methyl sites for hydroxylation is 2. The van der Waals surface area contributed by atoms with E-state index in [9.17, 15) is 0 Å². The molecule has 26 heavy (non-hydrogen) atoms. The molecule has 0 bridgehead atoms. The van der Waals surface area contributed by atoms with E-state index in [1.54, 1.807) is 13.8 Å². The summed E-state index contributed by atoms with van der Waals surface area (Å²) < 4.78 is 0. The van der Waals surface area contributed by atoms with Crippen molar-refractivity contribution in [1.82, 2.24) is 0 Å². The number of fused-ring (bicyclic) bond motifs is 2. The van der Waals surface area contributed by atoms with Crippen LogP contribution in [0.3, 0.4) is 0 Å². The minimum atomic E-state index is 1.35. The average molecular weight is 436 g/mol. The van der Waals surface area contributed by atoms with Crippen molar-refractivity contribution in [3.63, 3.8) is 0 Å². The molecule has 0 aromatic heterocycles. The molecule has 0 spiro atoms. The first kappa shape index (κ1) is 24.8. The molecule has 0 aliphatic heterocycles. The van der Waals surface area contributed by atoms with Crippen LogP contribution in [0, 0.1) is 27.7 Å². The van der Waals surface area contributed by atoms with Crippen LogP contribution in [0.1, 0.15) is 25.0 Å². The van der Waals surface area contributed by atoms with Crippen LogP contribution < -0.4 is 0 Å². The van der Waals surface area contributed by atoms with Crippen molar-refractivity contribution in [2.75, 3.05) is 0 Å². The van der Waals surface area contributed by atoms with Gasteiger partial charge in [-0.05, 0) is 0 Å². The van der Waals surface area contributed by atoms with Gasteiger partial charge in [0.1, 0.15) is 0 Å². The summed E-state index contributed by atoms with van der Waals surface area (Å²) >= 11 is 1.36. The Morgan fingerprint density at radius 1 is 0.654 bits per heavy atom. The topological polar surface area (TPSA) is 0 Å². The van der Waals surface area contributed by atoms with Gasteiger partial charge in [-0.25, -0.2) is 0 Å². The Bertz CT molecular complexity index is 717. The monoisotopic (exact) mass is 434 g/mol. The summed E-state index contributed by atoms with van der Waals surface area (Å²) in [5.41, 5.74) is 2.70. The number of hydrogen-bond donors (Lipinski definition) is 0. The molecule has 0 N–H and O–H groups in total. The Labute approximate surface area is 176 Å². The van der Waals surface area contributed by atoms with E-state index >= 15 is 0 Å². The second kappa shape index (κ2) is 14.9. The first-order valence-electron chi connectivity index (χ1n) is 8.63. The Balaban J connectivity index is 0.000000375. The van der Waals surface area contributed by atoms with Gasteiger partial charge in [0.05, 0.1) is 0 Å². The zero-order valence-corrected chi connectivity index (χ0v) is 19.8. The van der Waals surface area contributed by atoms with Crippen LogP contribution >= 0.6 is 0 Å². The third kappa shape index (κ3) is 7.98. The summed E-state index contributed by atoms with van der Waals surface area (Å²) in [6.45, 7) is 17.3. The van der Waals surface area contributed by atoms with Crippen LogP contribution in [-0.4, -0.2) is 6.88 Å². The molecule has 2 heteroatoms. The summed E-state index contributed by atoms with van der Waals surface area (Å²) in [4.78, 5) is 0. The van der Waals surface area contributed by atoms with E-state index in [1.807, 2.05) is 0 Å². The fourth-order valence-electron chi connectivity index (χ4n) is 2.61. The van der Waals surface area contributed by atoms with Gasteiger partial charge in [-0.15, -0.1) is 81.2 Å². The molecule has 0 nitrogen and oxygen atoms in total. The molecular weight excluding hydrogens is 408 g/mol. The molecule has 4 aromatic carbocycles. The van der Waals surface area contributed by atoms with Gasteiger partial charge < -0.3 is 13.8 Å². The molecule has 4 rings (SSSR count). The van der Waals surface area contributed by atoms with Crippen LogP contribution in [-0.2, 0) is 23.3 Å². The van der Waals surface area contributed by atoms with Crippen molar-refractivity contribution in [2.45, 2.75) is 27.7 Å². The first-order chi connectivity index (χ1) is 12.7. The van der Waals surface area contributed by atoms with E-state index in [1.165, 1.54) is 56.0 Å². The van der Waals surface area contributed by atoms with Crippen molar-refractivity contribution in [1.29, 1.82) is 0 Å². The van der Waals surface area contributed by atoms with Gasteiger partial charge >= 0.3 is 30.2 Å². The molecule has 0 saturated carbocycles. The SMILES string of the molecule is Cc1cc2ccccc2[cH-]1.Cc1cc2ccccc2[cH-]1.[CH2-]C.[CH2-]C.[Si]=[Zr]. The third-order valence-electron chi connectivity index (χ3n) is 3.52. The Morgan fingerprint density at radius 2 is 0.962 bits per heavy atom. The van der Waals surface area contributed by atoms with Crippen LogP contribution in [0.5, 0.6) is 0 Å². The van der Waals surface area contributed by atoms with Crippen LogP contribution in [0.15, 0.2) is 72.8 Å². The molecular formula is C24H28SiZr-4. The van der Waals surface area contributed by atoms with Gasteiger partial charge in [0.2, 0.25) is 0 Å². The van der Waals surface area contributed by atoms with Crippen molar-refractivity contribution in [3.8, 4) is 0 Å². The van der Waals surface area contributed by atoms with Gasteiger partial charge in [0, 0.05) is 0 Å². The second-order valence-corrected chi connectivity index (χ2v) is 5.32. The quantitative estimate of drug-likeness (QED) is 0.205. The molecule has 136 valence electrons. The molecule has 0 fully saturated rings. The van der Waals surface area contributed by atoms with Crippen LogP contribution in [0.4, 0.5) is 0 Å². The predicted molar refractivity (Wildman–Crippen MR) is 116 cm³/mol. The van der Waals surface area contributed by atoms with Gasteiger partial charge in [-0.3, -0.25) is 0 Å². The molecule has 2 radical (unpaired) electrons. The van der Waals surface area contributed by atoms with Crippen molar-refractivity contribution >= 4 is 28.4 Å². The van der Waals surface area contributed by atoms with Crippen LogP contribution in [0.25, 0.3) is 21.5 Å².